The van der Waals surface area contributed by atoms with Crippen molar-refractivity contribution < 1.29 is 4.74 Å². The minimum Gasteiger partial charge on any atom is -0.492 e. The molecular weight excluding hydrogens is 260 g/mol. The van der Waals surface area contributed by atoms with Crippen molar-refractivity contribution in [1.29, 1.82) is 0 Å². The number of nitrogens with two attached hydrogens (primary N) is 1. The highest BCUT2D eigenvalue weighted by Gasteiger charge is 2.12. The summed E-state index contributed by atoms with van der Waals surface area (Å²) in [6, 6.07) is 15.3. The smallest absolute Gasteiger partial charge is 0.119 e. The molecule has 100 valence electrons. The zero-order valence-electron chi connectivity index (χ0n) is 10.8. The van der Waals surface area contributed by atoms with Crippen LogP contribution in [-0.2, 0) is 0 Å². The van der Waals surface area contributed by atoms with E-state index in [9.17, 15) is 0 Å². The summed E-state index contributed by atoms with van der Waals surface area (Å²) in [5.41, 5.74) is 5.11. The zero-order valence-corrected chi connectivity index (χ0v) is 11.5. The third kappa shape index (κ3) is 3.70. The number of nitrogens with one attached hydrogen (secondary N) is 1. The lowest BCUT2D eigenvalue weighted by Gasteiger charge is -2.19. The summed E-state index contributed by atoms with van der Waals surface area (Å²) in [4.78, 5) is 0. The third-order valence-corrected chi connectivity index (χ3v) is 3.25. The van der Waals surface area contributed by atoms with Crippen LogP contribution in [0.3, 0.4) is 0 Å². The number of hydrogen-bond acceptors (Lipinski definition) is 3. The molecule has 0 amide bonds. The van der Waals surface area contributed by atoms with Crippen molar-refractivity contribution >= 4 is 11.6 Å². The van der Waals surface area contributed by atoms with E-state index in [4.69, 9.17) is 22.2 Å². The van der Waals surface area contributed by atoms with Gasteiger partial charge in [0.2, 0.25) is 0 Å². The van der Waals surface area contributed by atoms with Gasteiger partial charge in [-0.15, -0.1) is 0 Å². The minimum atomic E-state index is -0.0446. The van der Waals surface area contributed by atoms with E-state index >= 15 is 0 Å². The molecule has 0 heterocycles. The van der Waals surface area contributed by atoms with Gasteiger partial charge in [0.25, 0.3) is 0 Å². The molecule has 4 heteroatoms. The fourth-order valence-electron chi connectivity index (χ4n) is 1.92. The van der Waals surface area contributed by atoms with Crippen molar-refractivity contribution in [3.05, 3.63) is 64.7 Å². The van der Waals surface area contributed by atoms with Gasteiger partial charge in [-0.25, -0.2) is 5.43 Å². The average Bonchev–Trinajstić information content (AvgIpc) is 2.43. The summed E-state index contributed by atoms with van der Waals surface area (Å²) in [6.07, 6.45) is 0. The van der Waals surface area contributed by atoms with E-state index in [1.165, 1.54) is 5.56 Å². The van der Waals surface area contributed by atoms with Crippen molar-refractivity contribution in [2.45, 2.75) is 13.0 Å². The molecule has 3 nitrogen and oxygen atoms in total. The Balaban J connectivity index is 2.04. The van der Waals surface area contributed by atoms with Crippen LogP contribution in [0.2, 0.25) is 5.02 Å². The van der Waals surface area contributed by atoms with Crippen LogP contribution in [0.15, 0.2) is 48.5 Å². The fourth-order valence-corrected chi connectivity index (χ4v) is 2.04. The molecule has 0 fully saturated rings. The summed E-state index contributed by atoms with van der Waals surface area (Å²) in [5.74, 6) is 6.39. The monoisotopic (exact) mass is 276 g/mol. The van der Waals surface area contributed by atoms with Gasteiger partial charge in [-0.05, 0) is 42.3 Å². The summed E-state index contributed by atoms with van der Waals surface area (Å²) in [7, 11) is 0. The largest absolute Gasteiger partial charge is 0.492 e. The molecule has 19 heavy (non-hydrogen) atoms. The quantitative estimate of drug-likeness (QED) is 0.651. The molecule has 1 unspecified atom stereocenters. The van der Waals surface area contributed by atoms with E-state index in [-0.39, 0.29) is 6.04 Å². The maximum Gasteiger partial charge on any atom is 0.119 e. The topological polar surface area (TPSA) is 47.3 Å². The molecule has 0 aromatic heterocycles. The number of rotatable bonds is 5. The van der Waals surface area contributed by atoms with Crippen LogP contribution in [0.5, 0.6) is 5.75 Å². The van der Waals surface area contributed by atoms with E-state index in [1.54, 1.807) is 12.1 Å². The first kappa shape index (κ1) is 13.9. The van der Waals surface area contributed by atoms with Crippen LogP contribution in [0.1, 0.15) is 17.2 Å². The summed E-state index contributed by atoms with van der Waals surface area (Å²) < 4.78 is 5.72. The molecule has 0 bridgehead atoms. The Kier molecular flexibility index (Phi) is 4.80. The summed E-state index contributed by atoms with van der Waals surface area (Å²) in [5, 5.41) is 0.694. The number of hydrogen-bond donors (Lipinski definition) is 2. The molecule has 2 rings (SSSR count). The van der Waals surface area contributed by atoms with Gasteiger partial charge in [0.1, 0.15) is 12.4 Å². The first-order valence-corrected chi connectivity index (χ1v) is 6.48. The Hall–Kier alpha value is -1.55. The lowest BCUT2D eigenvalue weighted by Crippen LogP contribution is -2.32. The highest BCUT2D eigenvalue weighted by atomic mass is 35.5. The second-order valence-electron chi connectivity index (χ2n) is 4.34. The fraction of sp³-hybridized carbons (Fsp3) is 0.200. The average molecular weight is 277 g/mol. The molecular formula is C15H17ClN2O. The van der Waals surface area contributed by atoms with Crippen LogP contribution >= 0.6 is 11.6 Å². The van der Waals surface area contributed by atoms with Crippen LogP contribution in [0.4, 0.5) is 0 Å². The predicted molar refractivity (Wildman–Crippen MR) is 78.2 cm³/mol. The highest BCUT2D eigenvalue weighted by Crippen LogP contribution is 2.20. The number of hydrazine groups is 1. The molecule has 0 radical (unpaired) electrons. The van der Waals surface area contributed by atoms with Gasteiger partial charge in [0, 0.05) is 5.02 Å². The Labute approximate surface area is 118 Å². The van der Waals surface area contributed by atoms with Crippen LogP contribution in [-0.4, -0.2) is 6.61 Å². The van der Waals surface area contributed by atoms with Crippen molar-refractivity contribution in [2.75, 3.05) is 6.61 Å². The lowest BCUT2D eigenvalue weighted by molar-refractivity contribution is 0.267. The zero-order chi connectivity index (χ0) is 13.7. The van der Waals surface area contributed by atoms with Crippen LogP contribution < -0.4 is 16.0 Å². The van der Waals surface area contributed by atoms with Gasteiger partial charge in [-0.3, -0.25) is 5.84 Å². The molecule has 0 aliphatic heterocycles. The van der Waals surface area contributed by atoms with Gasteiger partial charge in [0.05, 0.1) is 6.04 Å². The van der Waals surface area contributed by atoms with Crippen molar-refractivity contribution in [3.8, 4) is 5.75 Å². The van der Waals surface area contributed by atoms with Gasteiger partial charge < -0.3 is 4.74 Å². The molecule has 0 saturated heterocycles. The molecule has 0 aliphatic carbocycles. The van der Waals surface area contributed by atoms with Crippen LogP contribution in [0.25, 0.3) is 0 Å². The predicted octanol–water partition coefficient (Wildman–Crippen LogP) is 3.23. The number of benzene rings is 2. The molecule has 2 aromatic rings. The number of ether oxygens (including phenoxy) is 1. The Morgan fingerprint density at radius 1 is 1.16 bits per heavy atom. The van der Waals surface area contributed by atoms with Crippen molar-refractivity contribution in [2.24, 2.45) is 5.84 Å². The maximum atomic E-state index is 5.83. The molecule has 3 N–H and O–H groups in total. The second kappa shape index (κ2) is 6.57. The van der Waals surface area contributed by atoms with Gasteiger partial charge in [-0.1, -0.05) is 35.9 Å². The van der Waals surface area contributed by atoms with Crippen molar-refractivity contribution in [1.82, 2.24) is 5.43 Å². The summed E-state index contributed by atoms with van der Waals surface area (Å²) >= 11 is 5.83. The van der Waals surface area contributed by atoms with E-state index in [2.05, 4.69) is 18.4 Å². The second-order valence-corrected chi connectivity index (χ2v) is 4.78. The normalized spacial score (nSPS) is 12.2. The van der Waals surface area contributed by atoms with E-state index < -0.39 is 0 Å². The third-order valence-electron chi connectivity index (χ3n) is 3.00. The summed E-state index contributed by atoms with van der Waals surface area (Å²) in [6.45, 7) is 2.52. The molecule has 1 atom stereocenters. The van der Waals surface area contributed by atoms with E-state index in [0.29, 0.717) is 11.6 Å². The van der Waals surface area contributed by atoms with Gasteiger partial charge >= 0.3 is 0 Å². The van der Waals surface area contributed by atoms with E-state index in [1.807, 2.05) is 30.3 Å². The lowest BCUT2D eigenvalue weighted by atomic mass is 10.0. The standard InChI is InChI=1S/C15H17ClN2O/c1-11-4-2-3-5-14(11)15(18-17)10-19-13-8-6-12(16)7-9-13/h2-9,15,18H,10,17H2,1H3. The Morgan fingerprint density at radius 2 is 1.84 bits per heavy atom. The van der Waals surface area contributed by atoms with Gasteiger partial charge in [0.15, 0.2) is 0 Å². The maximum absolute atomic E-state index is 5.83. The first-order valence-electron chi connectivity index (χ1n) is 6.10. The molecule has 0 saturated carbocycles. The SMILES string of the molecule is Cc1ccccc1C(COc1ccc(Cl)cc1)NN. The molecule has 2 aromatic carbocycles. The number of aryl methyl sites for hydroxylation is 1. The Bertz CT molecular complexity index is 528. The van der Waals surface area contributed by atoms with E-state index in [0.717, 1.165) is 11.3 Å². The molecule has 0 aliphatic rings. The highest BCUT2D eigenvalue weighted by molar-refractivity contribution is 6.30. The van der Waals surface area contributed by atoms with Crippen LogP contribution in [0, 0.1) is 6.92 Å². The van der Waals surface area contributed by atoms with Gasteiger partial charge in [-0.2, -0.15) is 0 Å². The van der Waals surface area contributed by atoms with Crippen molar-refractivity contribution in [3.63, 3.8) is 0 Å². The number of halogens is 1. The molecule has 0 spiro atoms. The minimum absolute atomic E-state index is 0.0446. The Morgan fingerprint density at radius 3 is 2.47 bits per heavy atom. The first-order chi connectivity index (χ1) is 9.20.